The van der Waals surface area contributed by atoms with E-state index in [9.17, 15) is 9.59 Å². The Labute approximate surface area is 134 Å². The minimum Gasteiger partial charge on any atom is -0.480 e. The Morgan fingerprint density at radius 1 is 1.36 bits per heavy atom. The third-order valence-corrected chi connectivity index (χ3v) is 4.08. The summed E-state index contributed by atoms with van der Waals surface area (Å²) < 4.78 is 5.02. The number of carboxylic acid groups (broad SMARTS) is 1. The maximum Gasteiger partial charge on any atom is 0.408 e. The molecule has 0 spiro atoms. The van der Waals surface area contributed by atoms with Gasteiger partial charge in [-0.25, -0.2) is 9.59 Å². The zero-order chi connectivity index (χ0) is 16.4. The van der Waals surface area contributed by atoms with Crippen molar-refractivity contribution < 1.29 is 19.4 Å². The predicted molar refractivity (Wildman–Crippen MR) is 87.9 cm³/mol. The molecule has 0 fully saturated rings. The molecule has 6 heteroatoms. The van der Waals surface area contributed by atoms with E-state index in [1.165, 1.54) is 11.8 Å². The van der Waals surface area contributed by atoms with E-state index in [0.717, 1.165) is 17.6 Å². The Balaban J connectivity index is 2.37. The van der Waals surface area contributed by atoms with Crippen LogP contribution in [0.1, 0.15) is 18.9 Å². The summed E-state index contributed by atoms with van der Waals surface area (Å²) in [6.07, 6.45) is 0.128. The highest BCUT2D eigenvalue weighted by Gasteiger charge is 2.20. The van der Waals surface area contributed by atoms with Gasteiger partial charge in [-0.1, -0.05) is 49.4 Å². The number of benzene rings is 1. The number of alkyl carbamates (subject to hydrolysis) is 1. The molecule has 0 aliphatic carbocycles. The average molecular weight is 323 g/mol. The molecule has 1 amide bonds. The maximum atomic E-state index is 11.7. The van der Waals surface area contributed by atoms with Gasteiger partial charge in [0.2, 0.25) is 0 Å². The Kier molecular flexibility index (Phi) is 8.14. The number of nitrogens with one attached hydrogen (secondary N) is 1. The number of carboxylic acids is 1. The van der Waals surface area contributed by atoms with Gasteiger partial charge < -0.3 is 15.2 Å². The fourth-order valence-corrected chi connectivity index (χ4v) is 2.58. The van der Waals surface area contributed by atoms with Gasteiger partial charge in [0.15, 0.2) is 0 Å². The zero-order valence-corrected chi connectivity index (χ0v) is 13.4. The number of carbonyl (C=O) groups is 2. The molecule has 0 aromatic heterocycles. The molecule has 0 saturated heterocycles. The fraction of sp³-hybridized carbons (Fsp3) is 0.375. The molecule has 0 bridgehead atoms. The lowest BCUT2D eigenvalue weighted by Gasteiger charge is -2.14. The Morgan fingerprint density at radius 2 is 2.05 bits per heavy atom. The lowest BCUT2D eigenvalue weighted by atomic mass is 10.2. The molecule has 1 atom stereocenters. The van der Waals surface area contributed by atoms with Crippen LogP contribution in [0, 0.1) is 0 Å². The number of thioether (sulfide) groups is 1. The van der Waals surface area contributed by atoms with Gasteiger partial charge in [-0.2, -0.15) is 11.8 Å². The quantitative estimate of drug-likeness (QED) is 0.683. The minimum absolute atomic E-state index is 0.110. The lowest BCUT2D eigenvalue weighted by Crippen LogP contribution is -2.42. The summed E-state index contributed by atoms with van der Waals surface area (Å²) in [5.41, 5.74) is 1.89. The molecular weight excluding hydrogens is 302 g/mol. The molecule has 1 aromatic carbocycles. The molecule has 1 rings (SSSR count). The number of hydrogen-bond donors (Lipinski definition) is 2. The second kappa shape index (κ2) is 9.89. The smallest absolute Gasteiger partial charge is 0.408 e. The van der Waals surface area contributed by atoms with E-state index in [0.29, 0.717) is 5.75 Å². The van der Waals surface area contributed by atoms with Gasteiger partial charge in [0.25, 0.3) is 0 Å². The number of ether oxygens (including phenoxy) is 1. The molecule has 120 valence electrons. The van der Waals surface area contributed by atoms with Crippen LogP contribution in [0.15, 0.2) is 42.5 Å². The fourth-order valence-electron chi connectivity index (χ4n) is 1.50. The van der Waals surface area contributed by atoms with Crippen molar-refractivity contribution in [2.75, 3.05) is 11.5 Å². The van der Waals surface area contributed by atoms with Crippen LogP contribution in [0.25, 0.3) is 0 Å². The van der Waals surface area contributed by atoms with Crippen molar-refractivity contribution in [2.24, 2.45) is 0 Å². The minimum atomic E-state index is -1.08. The van der Waals surface area contributed by atoms with Crippen LogP contribution >= 0.6 is 11.8 Å². The van der Waals surface area contributed by atoms with Crippen molar-refractivity contribution in [3.05, 3.63) is 48.0 Å². The third-order valence-electron chi connectivity index (χ3n) is 2.89. The van der Waals surface area contributed by atoms with Crippen LogP contribution in [-0.4, -0.2) is 34.7 Å². The molecule has 22 heavy (non-hydrogen) atoms. The number of hydrogen-bond acceptors (Lipinski definition) is 4. The highest BCUT2D eigenvalue weighted by atomic mass is 32.2. The van der Waals surface area contributed by atoms with E-state index in [4.69, 9.17) is 9.84 Å². The van der Waals surface area contributed by atoms with Gasteiger partial charge in [0.05, 0.1) is 0 Å². The van der Waals surface area contributed by atoms with Crippen LogP contribution in [0.2, 0.25) is 0 Å². The lowest BCUT2D eigenvalue weighted by molar-refractivity contribution is -0.138. The number of carbonyl (C=O) groups excluding carboxylic acids is 1. The largest absolute Gasteiger partial charge is 0.480 e. The first-order valence-electron chi connectivity index (χ1n) is 6.97. The Bertz CT molecular complexity index is 504. The number of aliphatic carboxylic acids is 1. The van der Waals surface area contributed by atoms with Gasteiger partial charge in [-0.3, -0.25) is 0 Å². The van der Waals surface area contributed by atoms with E-state index in [1.807, 2.05) is 37.3 Å². The molecule has 0 radical (unpaired) electrons. The van der Waals surface area contributed by atoms with E-state index in [-0.39, 0.29) is 12.4 Å². The summed E-state index contributed by atoms with van der Waals surface area (Å²) in [6.45, 7) is 5.97. The first-order chi connectivity index (χ1) is 10.5. The van der Waals surface area contributed by atoms with Crippen LogP contribution in [0.4, 0.5) is 4.79 Å². The highest BCUT2D eigenvalue weighted by molar-refractivity contribution is 7.99. The highest BCUT2D eigenvalue weighted by Crippen LogP contribution is 2.11. The standard InChI is InChI=1S/C16H21NO4S/c1-3-12(2)10-22-11-14(15(18)19)17-16(20)21-9-13-7-5-4-6-8-13/h4-8,14H,2-3,9-11H2,1H3,(H,17,20)(H,18,19). The van der Waals surface area contributed by atoms with Crippen molar-refractivity contribution in [1.82, 2.24) is 5.32 Å². The summed E-state index contributed by atoms with van der Waals surface area (Å²) in [5, 5.41) is 11.5. The van der Waals surface area contributed by atoms with Crippen LogP contribution in [0.3, 0.4) is 0 Å². The van der Waals surface area contributed by atoms with Crippen LogP contribution in [-0.2, 0) is 16.1 Å². The number of rotatable bonds is 9. The topological polar surface area (TPSA) is 75.6 Å². The molecule has 0 saturated carbocycles. The summed E-state index contributed by atoms with van der Waals surface area (Å²) in [7, 11) is 0. The molecule has 0 aliphatic heterocycles. The summed E-state index contributed by atoms with van der Waals surface area (Å²) in [5.74, 6) is -0.123. The predicted octanol–water partition coefficient (Wildman–Crippen LogP) is 3.07. The molecular formula is C16H21NO4S. The monoisotopic (exact) mass is 323 g/mol. The Morgan fingerprint density at radius 3 is 2.64 bits per heavy atom. The number of amides is 1. The van der Waals surface area contributed by atoms with E-state index < -0.39 is 18.1 Å². The van der Waals surface area contributed by atoms with Crippen LogP contribution in [0.5, 0.6) is 0 Å². The average Bonchev–Trinajstić information content (AvgIpc) is 2.52. The first-order valence-corrected chi connectivity index (χ1v) is 8.12. The van der Waals surface area contributed by atoms with Crippen molar-refractivity contribution >= 4 is 23.8 Å². The van der Waals surface area contributed by atoms with Gasteiger partial charge in [-0.05, 0) is 12.0 Å². The second-order valence-corrected chi connectivity index (χ2v) is 5.75. The van der Waals surface area contributed by atoms with Crippen molar-refractivity contribution in [1.29, 1.82) is 0 Å². The van der Waals surface area contributed by atoms with E-state index in [1.54, 1.807) is 0 Å². The summed E-state index contributed by atoms with van der Waals surface area (Å²) in [6, 6.07) is 8.23. The molecule has 1 unspecified atom stereocenters. The van der Waals surface area contributed by atoms with Gasteiger partial charge >= 0.3 is 12.1 Å². The molecule has 0 heterocycles. The molecule has 0 aliphatic rings. The third kappa shape index (κ3) is 7.17. The summed E-state index contributed by atoms with van der Waals surface area (Å²) >= 11 is 1.43. The van der Waals surface area contributed by atoms with E-state index in [2.05, 4.69) is 11.9 Å². The van der Waals surface area contributed by atoms with Crippen molar-refractivity contribution in [3.63, 3.8) is 0 Å². The Hall–Kier alpha value is -1.95. The van der Waals surface area contributed by atoms with Crippen molar-refractivity contribution in [3.8, 4) is 0 Å². The van der Waals surface area contributed by atoms with Crippen LogP contribution < -0.4 is 5.32 Å². The summed E-state index contributed by atoms with van der Waals surface area (Å²) in [4.78, 5) is 22.8. The molecule has 2 N–H and O–H groups in total. The van der Waals surface area contributed by atoms with Gasteiger partial charge in [0.1, 0.15) is 12.6 Å². The maximum absolute atomic E-state index is 11.7. The normalized spacial score (nSPS) is 11.5. The SMILES string of the molecule is C=C(CC)CSCC(NC(=O)OCc1ccccc1)C(=O)O. The molecule has 1 aromatic rings. The second-order valence-electron chi connectivity index (χ2n) is 4.72. The first kappa shape index (κ1) is 18.1. The van der Waals surface area contributed by atoms with E-state index >= 15 is 0 Å². The molecule has 5 nitrogen and oxygen atoms in total. The van der Waals surface area contributed by atoms with Crippen molar-refractivity contribution in [2.45, 2.75) is 26.0 Å². The zero-order valence-electron chi connectivity index (χ0n) is 12.6. The van der Waals surface area contributed by atoms with Gasteiger partial charge in [0, 0.05) is 11.5 Å². The van der Waals surface area contributed by atoms with Gasteiger partial charge in [-0.15, -0.1) is 0 Å².